The predicted octanol–water partition coefficient (Wildman–Crippen LogP) is 1.68. The molecule has 0 radical (unpaired) electrons. The van der Waals surface area contributed by atoms with E-state index in [4.69, 9.17) is 15.2 Å². The summed E-state index contributed by atoms with van der Waals surface area (Å²) in [6, 6.07) is 5.71. The van der Waals surface area contributed by atoms with Crippen molar-refractivity contribution in [3.63, 3.8) is 0 Å². The summed E-state index contributed by atoms with van der Waals surface area (Å²) in [5.41, 5.74) is 7.26. The van der Waals surface area contributed by atoms with Crippen molar-refractivity contribution in [1.29, 1.82) is 0 Å². The van der Waals surface area contributed by atoms with Crippen LogP contribution in [0.2, 0.25) is 0 Å². The van der Waals surface area contributed by atoms with Crippen LogP contribution in [0.4, 0.5) is 5.95 Å². The molecule has 4 heterocycles. The van der Waals surface area contributed by atoms with E-state index >= 15 is 0 Å². The standard InChI is InChI=1S/C20H27N7O2.HI/c21-19(26-8-10-27(11-9-26)20-23-5-1-6-24-20)25-15-16-2-7-22-18(14-16)29-17-3-12-28-13-4-17;/h1-2,5-7,14,17H,3-4,8-13,15H2,(H2,21,25);1H. The maximum Gasteiger partial charge on any atom is 0.225 e. The normalized spacial score (nSPS) is 18.1. The van der Waals surface area contributed by atoms with Gasteiger partial charge in [-0.3, -0.25) is 0 Å². The van der Waals surface area contributed by atoms with Gasteiger partial charge in [0.15, 0.2) is 5.96 Å². The third-order valence-corrected chi connectivity index (χ3v) is 5.12. The van der Waals surface area contributed by atoms with Crippen LogP contribution in [0.1, 0.15) is 18.4 Å². The van der Waals surface area contributed by atoms with Gasteiger partial charge in [-0.05, 0) is 17.7 Å². The summed E-state index contributed by atoms with van der Waals surface area (Å²) in [4.78, 5) is 21.8. The maximum atomic E-state index is 6.23. The number of nitrogens with two attached hydrogens (primary N) is 1. The molecule has 2 fully saturated rings. The average Bonchev–Trinajstić information content (AvgIpc) is 2.79. The van der Waals surface area contributed by atoms with E-state index in [0.717, 1.165) is 63.7 Å². The molecule has 2 N–H and O–H groups in total. The lowest BCUT2D eigenvalue weighted by Crippen LogP contribution is -2.51. The van der Waals surface area contributed by atoms with Gasteiger partial charge in [-0.1, -0.05) is 0 Å². The zero-order valence-electron chi connectivity index (χ0n) is 16.9. The predicted molar refractivity (Wildman–Crippen MR) is 125 cm³/mol. The van der Waals surface area contributed by atoms with Gasteiger partial charge in [0.05, 0.1) is 19.8 Å². The van der Waals surface area contributed by atoms with Crippen LogP contribution in [-0.4, -0.2) is 71.3 Å². The molecule has 2 aromatic heterocycles. The van der Waals surface area contributed by atoms with E-state index < -0.39 is 0 Å². The fraction of sp³-hybridized carbons (Fsp3) is 0.500. The summed E-state index contributed by atoms with van der Waals surface area (Å²) >= 11 is 0. The molecule has 0 amide bonds. The van der Waals surface area contributed by atoms with E-state index in [1.54, 1.807) is 18.6 Å². The molecule has 9 nitrogen and oxygen atoms in total. The van der Waals surface area contributed by atoms with Crippen molar-refractivity contribution in [2.24, 2.45) is 10.7 Å². The van der Waals surface area contributed by atoms with E-state index in [1.807, 2.05) is 18.2 Å². The average molecular weight is 525 g/mol. The monoisotopic (exact) mass is 525 g/mol. The summed E-state index contributed by atoms with van der Waals surface area (Å²) in [7, 11) is 0. The highest BCUT2D eigenvalue weighted by molar-refractivity contribution is 14.0. The van der Waals surface area contributed by atoms with Crippen LogP contribution in [0.15, 0.2) is 41.8 Å². The molecule has 0 bridgehead atoms. The largest absolute Gasteiger partial charge is 0.474 e. The molecular weight excluding hydrogens is 497 g/mol. The molecule has 0 atom stereocenters. The Morgan fingerprint density at radius 3 is 2.57 bits per heavy atom. The fourth-order valence-corrected chi connectivity index (χ4v) is 3.44. The van der Waals surface area contributed by atoms with E-state index in [9.17, 15) is 0 Å². The molecule has 162 valence electrons. The van der Waals surface area contributed by atoms with Crippen molar-refractivity contribution in [2.75, 3.05) is 44.3 Å². The van der Waals surface area contributed by atoms with Crippen molar-refractivity contribution in [3.8, 4) is 5.88 Å². The molecule has 0 spiro atoms. The molecule has 30 heavy (non-hydrogen) atoms. The van der Waals surface area contributed by atoms with Crippen LogP contribution in [0.3, 0.4) is 0 Å². The Labute approximate surface area is 193 Å². The molecule has 0 aliphatic carbocycles. The lowest BCUT2D eigenvalue weighted by molar-refractivity contribution is 0.0237. The number of rotatable bonds is 5. The SMILES string of the molecule is I.NC(=NCc1ccnc(OC2CCOCC2)c1)N1CCN(c2ncccn2)CC1. The Balaban J connectivity index is 0.00000256. The van der Waals surface area contributed by atoms with Crippen LogP contribution in [0, 0.1) is 0 Å². The van der Waals surface area contributed by atoms with Gasteiger partial charge in [0.2, 0.25) is 11.8 Å². The van der Waals surface area contributed by atoms with Crippen molar-refractivity contribution in [3.05, 3.63) is 42.4 Å². The summed E-state index contributed by atoms with van der Waals surface area (Å²) in [6.45, 7) is 5.21. The highest BCUT2D eigenvalue weighted by Crippen LogP contribution is 2.17. The third-order valence-electron chi connectivity index (χ3n) is 5.12. The first kappa shape index (κ1) is 22.5. The van der Waals surface area contributed by atoms with Gasteiger partial charge in [-0.15, -0.1) is 24.0 Å². The third kappa shape index (κ3) is 6.14. The molecule has 0 unspecified atom stereocenters. The van der Waals surface area contributed by atoms with Crippen molar-refractivity contribution >= 4 is 35.9 Å². The molecule has 0 saturated carbocycles. The first-order chi connectivity index (χ1) is 14.3. The number of ether oxygens (including phenoxy) is 2. The number of halogens is 1. The highest BCUT2D eigenvalue weighted by Gasteiger charge is 2.20. The second-order valence-corrected chi connectivity index (χ2v) is 7.13. The summed E-state index contributed by atoms with van der Waals surface area (Å²) < 4.78 is 11.3. The van der Waals surface area contributed by atoms with Crippen LogP contribution < -0.4 is 15.4 Å². The Hall–Kier alpha value is -2.21. The van der Waals surface area contributed by atoms with Crippen LogP contribution >= 0.6 is 24.0 Å². The molecule has 2 aromatic rings. The van der Waals surface area contributed by atoms with Gasteiger partial charge >= 0.3 is 0 Å². The summed E-state index contributed by atoms with van der Waals surface area (Å²) in [5.74, 6) is 1.96. The smallest absolute Gasteiger partial charge is 0.225 e. The number of hydrogen-bond acceptors (Lipinski definition) is 7. The molecule has 2 aliphatic rings. The van der Waals surface area contributed by atoms with Crippen molar-refractivity contribution in [1.82, 2.24) is 19.9 Å². The Bertz CT molecular complexity index is 810. The Morgan fingerprint density at radius 2 is 1.83 bits per heavy atom. The number of anilines is 1. The molecule has 2 aliphatic heterocycles. The van der Waals surface area contributed by atoms with Crippen molar-refractivity contribution < 1.29 is 9.47 Å². The summed E-state index contributed by atoms with van der Waals surface area (Å²) in [6.07, 6.45) is 7.26. The molecular formula is C20H28IN7O2. The molecule has 10 heteroatoms. The number of guanidine groups is 1. The lowest BCUT2D eigenvalue weighted by atomic mass is 10.1. The van der Waals surface area contributed by atoms with E-state index in [1.165, 1.54) is 0 Å². The minimum absolute atomic E-state index is 0. The van der Waals surface area contributed by atoms with Gasteiger partial charge in [0, 0.05) is 63.7 Å². The zero-order chi connectivity index (χ0) is 19.9. The zero-order valence-corrected chi connectivity index (χ0v) is 19.2. The van der Waals surface area contributed by atoms with Crippen molar-refractivity contribution in [2.45, 2.75) is 25.5 Å². The van der Waals surface area contributed by atoms with Gasteiger partial charge in [0.1, 0.15) is 6.10 Å². The first-order valence-electron chi connectivity index (χ1n) is 10.0. The number of hydrogen-bond donors (Lipinski definition) is 1. The van der Waals surface area contributed by atoms with Gasteiger partial charge < -0.3 is 25.0 Å². The fourth-order valence-electron chi connectivity index (χ4n) is 3.44. The molecule has 4 rings (SSSR count). The second-order valence-electron chi connectivity index (χ2n) is 7.13. The van der Waals surface area contributed by atoms with Gasteiger partial charge in [-0.25, -0.2) is 19.9 Å². The lowest BCUT2D eigenvalue weighted by Gasteiger charge is -2.35. The Kier molecular flexibility index (Phi) is 8.43. The number of piperazine rings is 1. The Morgan fingerprint density at radius 1 is 1.10 bits per heavy atom. The number of nitrogens with zero attached hydrogens (tertiary/aromatic N) is 6. The second kappa shape index (κ2) is 11.3. The molecule has 2 saturated heterocycles. The van der Waals surface area contributed by atoms with Crippen LogP contribution in [0.25, 0.3) is 0 Å². The summed E-state index contributed by atoms with van der Waals surface area (Å²) in [5, 5.41) is 0. The van der Waals surface area contributed by atoms with Gasteiger partial charge in [-0.2, -0.15) is 0 Å². The van der Waals surface area contributed by atoms with Crippen LogP contribution in [-0.2, 0) is 11.3 Å². The number of pyridine rings is 1. The first-order valence-corrected chi connectivity index (χ1v) is 10.0. The quantitative estimate of drug-likeness (QED) is 0.358. The number of aliphatic imine (C=N–C) groups is 1. The number of aromatic nitrogens is 3. The van der Waals surface area contributed by atoms with Gasteiger partial charge in [0.25, 0.3) is 0 Å². The minimum atomic E-state index is 0. The van der Waals surface area contributed by atoms with E-state index in [0.29, 0.717) is 18.4 Å². The highest BCUT2D eigenvalue weighted by atomic mass is 127. The van der Waals surface area contributed by atoms with E-state index in [2.05, 4.69) is 29.7 Å². The minimum Gasteiger partial charge on any atom is -0.474 e. The topological polar surface area (TPSA) is 102 Å². The maximum absolute atomic E-state index is 6.23. The molecule has 0 aromatic carbocycles. The van der Waals surface area contributed by atoms with Crippen LogP contribution in [0.5, 0.6) is 5.88 Å². The van der Waals surface area contributed by atoms with E-state index in [-0.39, 0.29) is 30.1 Å².